The molecule has 0 aliphatic carbocycles. The van der Waals surface area contributed by atoms with Gasteiger partial charge in [0.15, 0.2) is 5.69 Å². The van der Waals surface area contributed by atoms with Gasteiger partial charge in [0, 0.05) is 12.6 Å². The smallest absolute Gasteiger partial charge is 0.356 e. The monoisotopic (exact) mass is 310 g/mol. The maximum atomic E-state index is 10.9. The summed E-state index contributed by atoms with van der Waals surface area (Å²) < 4.78 is 7.51. The largest absolute Gasteiger partial charge is 0.496 e. The summed E-state index contributed by atoms with van der Waals surface area (Å²) in [6.45, 7) is 0. The highest BCUT2D eigenvalue weighted by Gasteiger charge is 2.16. The molecule has 2 rings (SSSR count). The van der Waals surface area contributed by atoms with E-state index >= 15 is 0 Å². The van der Waals surface area contributed by atoms with E-state index in [-0.39, 0.29) is 5.69 Å². The van der Waals surface area contributed by atoms with Gasteiger partial charge in [0.2, 0.25) is 0 Å². The number of carboxylic acids is 1. The highest BCUT2D eigenvalue weighted by Crippen LogP contribution is 2.35. The molecular formula is C12H11BrN2O3. The molecule has 0 unspecified atom stereocenters. The van der Waals surface area contributed by atoms with Crippen molar-refractivity contribution < 1.29 is 14.6 Å². The molecule has 1 heterocycles. The lowest BCUT2D eigenvalue weighted by atomic mass is 10.1. The van der Waals surface area contributed by atoms with Gasteiger partial charge in [-0.3, -0.25) is 4.68 Å². The predicted octanol–water partition coefficient (Wildman–Crippen LogP) is 2.56. The standard InChI is InChI=1S/C12H11BrN2O3/c1-15-9(6-8(14-15)12(16)17)7-4-3-5-10(18-2)11(7)13/h3-6H,1-2H3,(H,16,17). The number of carbonyl (C=O) groups is 1. The van der Waals surface area contributed by atoms with E-state index in [1.54, 1.807) is 14.2 Å². The summed E-state index contributed by atoms with van der Waals surface area (Å²) in [7, 11) is 3.28. The number of aromatic nitrogens is 2. The van der Waals surface area contributed by atoms with Crippen LogP contribution in [0.1, 0.15) is 10.5 Å². The van der Waals surface area contributed by atoms with E-state index in [1.807, 2.05) is 18.2 Å². The van der Waals surface area contributed by atoms with Crippen molar-refractivity contribution >= 4 is 21.9 Å². The van der Waals surface area contributed by atoms with Gasteiger partial charge in [-0.05, 0) is 28.1 Å². The van der Waals surface area contributed by atoms with Crippen LogP contribution in [0, 0.1) is 0 Å². The Balaban J connectivity index is 2.58. The van der Waals surface area contributed by atoms with Gasteiger partial charge >= 0.3 is 5.97 Å². The van der Waals surface area contributed by atoms with Crippen LogP contribution in [0.15, 0.2) is 28.7 Å². The third kappa shape index (κ3) is 2.11. The Hall–Kier alpha value is -1.82. The maximum Gasteiger partial charge on any atom is 0.356 e. The quantitative estimate of drug-likeness (QED) is 0.946. The van der Waals surface area contributed by atoms with Crippen LogP contribution in [-0.4, -0.2) is 28.0 Å². The molecule has 1 aromatic carbocycles. The molecule has 0 radical (unpaired) electrons. The minimum atomic E-state index is -1.05. The number of methoxy groups -OCH3 is 1. The molecule has 0 saturated heterocycles. The van der Waals surface area contributed by atoms with Crippen LogP contribution in [0.25, 0.3) is 11.3 Å². The van der Waals surface area contributed by atoms with Crippen molar-refractivity contribution in [2.24, 2.45) is 7.05 Å². The topological polar surface area (TPSA) is 64.3 Å². The van der Waals surface area contributed by atoms with Crippen molar-refractivity contribution in [2.45, 2.75) is 0 Å². The zero-order chi connectivity index (χ0) is 13.3. The summed E-state index contributed by atoms with van der Waals surface area (Å²) in [6, 6.07) is 7.06. The van der Waals surface area contributed by atoms with E-state index < -0.39 is 5.97 Å². The Kier molecular flexibility index (Phi) is 3.38. The minimum absolute atomic E-state index is 0.0159. The van der Waals surface area contributed by atoms with E-state index in [1.165, 1.54) is 10.7 Å². The molecule has 0 amide bonds. The summed E-state index contributed by atoms with van der Waals surface area (Å²) in [5.41, 5.74) is 1.55. The second-order valence-corrected chi connectivity index (χ2v) is 4.46. The number of aromatic carboxylic acids is 1. The number of hydrogen-bond donors (Lipinski definition) is 1. The number of carboxylic acid groups (broad SMARTS) is 1. The van der Waals surface area contributed by atoms with Crippen LogP contribution in [0.2, 0.25) is 0 Å². The van der Waals surface area contributed by atoms with Crippen molar-refractivity contribution in [3.05, 3.63) is 34.4 Å². The number of halogens is 1. The number of rotatable bonds is 3. The van der Waals surface area contributed by atoms with Crippen LogP contribution in [0.3, 0.4) is 0 Å². The zero-order valence-electron chi connectivity index (χ0n) is 9.85. The predicted molar refractivity (Wildman–Crippen MR) is 69.9 cm³/mol. The molecule has 0 saturated carbocycles. The molecule has 1 aromatic heterocycles. The number of hydrogen-bond acceptors (Lipinski definition) is 3. The average Bonchev–Trinajstić information content (AvgIpc) is 2.72. The molecule has 0 aliphatic rings. The minimum Gasteiger partial charge on any atom is -0.496 e. The highest BCUT2D eigenvalue weighted by atomic mass is 79.9. The first kappa shape index (κ1) is 12.6. The Morgan fingerprint density at radius 2 is 2.22 bits per heavy atom. The Morgan fingerprint density at radius 3 is 2.78 bits per heavy atom. The van der Waals surface area contributed by atoms with Crippen molar-refractivity contribution in [1.82, 2.24) is 9.78 Å². The molecule has 5 nitrogen and oxygen atoms in total. The summed E-state index contributed by atoms with van der Waals surface area (Å²) in [6.07, 6.45) is 0. The van der Waals surface area contributed by atoms with E-state index in [2.05, 4.69) is 21.0 Å². The normalized spacial score (nSPS) is 10.4. The summed E-state index contributed by atoms with van der Waals surface area (Å²) in [5, 5.41) is 12.9. The Morgan fingerprint density at radius 1 is 1.50 bits per heavy atom. The highest BCUT2D eigenvalue weighted by molar-refractivity contribution is 9.10. The number of ether oxygens (including phenoxy) is 1. The first-order valence-corrected chi connectivity index (χ1v) is 5.94. The molecule has 2 aromatic rings. The van der Waals surface area contributed by atoms with Gasteiger partial charge in [0.1, 0.15) is 5.75 Å². The van der Waals surface area contributed by atoms with Gasteiger partial charge in [0.25, 0.3) is 0 Å². The fourth-order valence-corrected chi connectivity index (χ4v) is 2.32. The SMILES string of the molecule is COc1cccc(-c2cc(C(=O)O)nn2C)c1Br. The first-order chi connectivity index (χ1) is 8.54. The molecule has 94 valence electrons. The second kappa shape index (κ2) is 4.81. The molecule has 0 bridgehead atoms. The molecule has 0 atom stereocenters. The fourth-order valence-electron chi connectivity index (χ4n) is 1.69. The van der Waals surface area contributed by atoms with Crippen LogP contribution in [0.4, 0.5) is 0 Å². The van der Waals surface area contributed by atoms with E-state index in [0.29, 0.717) is 11.4 Å². The number of nitrogens with zero attached hydrogens (tertiary/aromatic N) is 2. The van der Waals surface area contributed by atoms with Crippen LogP contribution in [0.5, 0.6) is 5.75 Å². The average molecular weight is 311 g/mol. The lowest BCUT2D eigenvalue weighted by Gasteiger charge is -2.08. The van der Waals surface area contributed by atoms with E-state index in [9.17, 15) is 4.79 Å². The van der Waals surface area contributed by atoms with E-state index in [4.69, 9.17) is 9.84 Å². The van der Waals surface area contributed by atoms with Gasteiger partial charge in [-0.1, -0.05) is 12.1 Å². The van der Waals surface area contributed by atoms with Crippen molar-refractivity contribution in [1.29, 1.82) is 0 Å². The summed E-state index contributed by atoms with van der Waals surface area (Å²) >= 11 is 3.45. The third-order valence-corrected chi connectivity index (χ3v) is 3.38. The molecule has 0 spiro atoms. The Bertz CT molecular complexity index is 607. The third-order valence-electron chi connectivity index (χ3n) is 2.56. The molecular weight excluding hydrogens is 300 g/mol. The van der Waals surface area contributed by atoms with Gasteiger partial charge in [-0.25, -0.2) is 4.79 Å². The zero-order valence-corrected chi connectivity index (χ0v) is 11.4. The summed E-state index contributed by atoms with van der Waals surface area (Å²) in [4.78, 5) is 10.9. The molecule has 0 aliphatic heterocycles. The number of aryl methyl sites for hydroxylation is 1. The molecule has 18 heavy (non-hydrogen) atoms. The van der Waals surface area contributed by atoms with Crippen molar-refractivity contribution in [3.8, 4) is 17.0 Å². The van der Waals surface area contributed by atoms with Gasteiger partial charge in [-0.2, -0.15) is 5.10 Å². The van der Waals surface area contributed by atoms with E-state index in [0.717, 1.165) is 10.0 Å². The molecule has 1 N–H and O–H groups in total. The Labute approximate surface area is 112 Å². The van der Waals surface area contributed by atoms with Crippen LogP contribution >= 0.6 is 15.9 Å². The van der Waals surface area contributed by atoms with Gasteiger partial charge < -0.3 is 9.84 Å². The van der Waals surface area contributed by atoms with Crippen LogP contribution < -0.4 is 4.74 Å². The fraction of sp³-hybridized carbons (Fsp3) is 0.167. The molecule has 0 fully saturated rings. The van der Waals surface area contributed by atoms with Gasteiger partial charge in [-0.15, -0.1) is 0 Å². The lowest BCUT2D eigenvalue weighted by molar-refractivity contribution is 0.0689. The molecule has 6 heteroatoms. The van der Waals surface area contributed by atoms with Gasteiger partial charge in [0.05, 0.1) is 17.3 Å². The van der Waals surface area contributed by atoms with Crippen molar-refractivity contribution in [2.75, 3.05) is 7.11 Å². The lowest BCUT2D eigenvalue weighted by Crippen LogP contribution is -1.99. The first-order valence-electron chi connectivity index (χ1n) is 5.14. The maximum absolute atomic E-state index is 10.9. The number of benzene rings is 1. The second-order valence-electron chi connectivity index (χ2n) is 3.67. The van der Waals surface area contributed by atoms with Crippen molar-refractivity contribution in [3.63, 3.8) is 0 Å². The van der Waals surface area contributed by atoms with Crippen LogP contribution in [-0.2, 0) is 7.05 Å². The summed E-state index contributed by atoms with van der Waals surface area (Å²) in [5.74, 6) is -0.360.